The molecule has 2 atom stereocenters. The number of fused-ring (bicyclic) bond motifs is 1. The molecular weight excluding hydrogens is 419 g/mol. The van der Waals surface area contributed by atoms with Gasteiger partial charge in [0, 0.05) is 42.9 Å². The third kappa shape index (κ3) is 4.13. The number of hydrogen-bond donors (Lipinski definition) is 1. The summed E-state index contributed by atoms with van der Waals surface area (Å²) in [6.45, 7) is 0. The van der Waals surface area contributed by atoms with E-state index in [0.29, 0.717) is 10.9 Å². The van der Waals surface area contributed by atoms with Crippen molar-refractivity contribution in [2.24, 2.45) is 0 Å². The highest BCUT2D eigenvalue weighted by molar-refractivity contribution is 5.77. The second-order valence-electron chi connectivity index (χ2n) is 7.78. The van der Waals surface area contributed by atoms with Crippen LogP contribution in [0.15, 0.2) is 47.5 Å². The highest BCUT2D eigenvalue weighted by Gasteiger charge is 2.44. The molecule has 1 aliphatic carbocycles. The number of hydrogen-bond acceptors (Lipinski definition) is 3. The number of aromatic amines is 1. The van der Waals surface area contributed by atoms with Crippen LogP contribution in [0.5, 0.6) is 5.75 Å². The first kappa shape index (κ1) is 21.3. The van der Waals surface area contributed by atoms with Crippen molar-refractivity contribution in [1.82, 2.24) is 9.97 Å². The summed E-state index contributed by atoms with van der Waals surface area (Å²) in [7, 11) is 1.32. The normalized spacial score (nSPS) is 21.2. The second kappa shape index (κ2) is 7.62. The molecule has 0 saturated heterocycles. The van der Waals surface area contributed by atoms with Gasteiger partial charge in [-0.05, 0) is 42.2 Å². The van der Waals surface area contributed by atoms with E-state index < -0.39 is 42.3 Å². The monoisotopic (exact) mass is 438 g/mol. The van der Waals surface area contributed by atoms with Crippen molar-refractivity contribution in [2.45, 2.75) is 43.2 Å². The molecule has 9 heteroatoms. The maximum atomic E-state index is 14.4. The molecule has 2 heterocycles. The van der Waals surface area contributed by atoms with Gasteiger partial charge in [-0.2, -0.15) is 13.2 Å². The molecule has 0 radical (unpaired) electrons. The van der Waals surface area contributed by atoms with E-state index in [1.54, 1.807) is 6.07 Å². The molecule has 1 fully saturated rings. The number of halogens is 5. The van der Waals surface area contributed by atoms with E-state index >= 15 is 0 Å². The van der Waals surface area contributed by atoms with Gasteiger partial charge >= 0.3 is 6.18 Å². The Bertz CT molecular complexity index is 1170. The summed E-state index contributed by atoms with van der Waals surface area (Å²) in [4.78, 5) is 19.4. The lowest BCUT2D eigenvalue weighted by atomic mass is 9.71. The molecule has 0 spiro atoms. The minimum Gasteiger partial charge on any atom is -0.496 e. The summed E-state index contributed by atoms with van der Waals surface area (Å²) < 4.78 is 74.0. The first-order chi connectivity index (χ1) is 14.6. The molecule has 0 bridgehead atoms. The van der Waals surface area contributed by atoms with Crippen LogP contribution in [-0.4, -0.2) is 23.0 Å². The lowest BCUT2D eigenvalue weighted by Crippen LogP contribution is -2.31. The summed E-state index contributed by atoms with van der Waals surface area (Å²) in [6, 6.07) is 5.86. The van der Waals surface area contributed by atoms with Gasteiger partial charge in [0.15, 0.2) is 5.43 Å². The van der Waals surface area contributed by atoms with Gasteiger partial charge < -0.3 is 9.72 Å². The van der Waals surface area contributed by atoms with Crippen LogP contribution in [0.2, 0.25) is 0 Å². The molecule has 1 aromatic carbocycles. The lowest BCUT2D eigenvalue weighted by molar-refractivity contribution is -0.137. The van der Waals surface area contributed by atoms with E-state index in [1.807, 2.05) is 0 Å². The molecule has 1 saturated carbocycles. The number of pyridine rings is 2. The van der Waals surface area contributed by atoms with E-state index in [-0.39, 0.29) is 28.9 Å². The van der Waals surface area contributed by atoms with Crippen molar-refractivity contribution in [1.29, 1.82) is 0 Å². The zero-order valence-electron chi connectivity index (χ0n) is 16.5. The lowest BCUT2D eigenvalue weighted by Gasteiger charge is -2.37. The fourth-order valence-electron chi connectivity index (χ4n) is 4.34. The SMILES string of the molecule is COc1ccc(C(F)(F)F)cc1C1CCC(F)(F)C[C@H]1c1cc(=O)c2cnccc2[nH]1. The number of nitrogens with zero attached hydrogens (tertiary/aromatic N) is 1. The third-order valence-electron chi connectivity index (χ3n) is 5.83. The van der Waals surface area contributed by atoms with Crippen LogP contribution in [0.4, 0.5) is 22.0 Å². The maximum Gasteiger partial charge on any atom is 0.416 e. The zero-order valence-corrected chi connectivity index (χ0v) is 16.5. The smallest absolute Gasteiger partial charge is 0.416 e. The molecule has 2 aromatic heterocycles. The van der Waals surface area contributed by atoms with Gasteiger partial charge in [0.1, 0.15) is 5.75 Å². The van der Waals surface area contributed by atoms with Crippen molar-refractivity contribution in [2.75, 3.05) is 7.11 Å². The van der Waals surface area contributed by atoms with Crippen molar-refractivity contribution in [3.63, 3.8) is 0 Å². The molecule has 1 N–H and O–H groups in total. The summed E-state index contributed by atoms with van der Waals surface area (Å²) >= 11 is 0. The standard InChI is InChI=1S/C22H19F5N2O2/c1-31-20-3-2-12(22(25,26)27)8-14(20)13-4-6-21(23,24)10-15(13)18-9-19(30)16-11-28-7-5-17(16)29-18/h2-3,5,7-9,11,13,15H,4,6,10H2,1H3,(H,29,30)/t13?,15-/m1/s1. The number of H-pyrrole nitrogens is 1. The average Bonchev–Trinajstić information content (AvgIpc) is 2.72. The molecule has 0 aliphatic heterocycles. The summed E-state index contributed by atoms with van der Waals surface area (Å²) in [5.41, 5.74) is -0.375. The number of aromatic nitrogens is 2. The van der Waals surface area contributed by atoms with E-state index in [1.165, 1.54) is 31.6 Å². The molecule has 1 aliphatic rings. The van der Waals surface area contributed by atoms with Crippen LogP contribution in [0, 0.1) is 0 Å². The zero-order chi connectivity index (χ0) is 22.4. The Balaban J connectivity index is 1.87. The van der Waals surface area contributed by atoms with Crippen molar-refractivity contribution in [3.05, 3.63) is 69.8 Å². The van der Waals surface area contributed by atoms with Crippen molar-refractivity contribution >= 4 is 10.9 Å². The minimum atomic E-state index is -4.58. The number of alkyl halides is 5. The van der Waals surface area contributed by atoms with Gasteiger partial charge in [-0.1, -0.05) is 0 Å². The third-order valence-corrected chi connectivity index (χ3v) is 5.83. The minimum absolute atomic E-state index is 0.0499. The van der Waals surface area contributed by atoms with Crippen molar-refractivity contribution in [3.8, 4) is 5.75 Å². The van der Waals surface area contributed by atoms with Gasteiger partial charge in [-0.15, -0.1) is 0 Å². The molecule has 4 nitrogen and oxygen atoms in total. The summed E-state index contributed by atoms with van der Waals surface area (Å²) in [6.07, 6.45) is -2.85. The van der Waals surface area contributed by atoms with Gasteiger partial charge in [-0.3, -0.25) is 9.78 Å². The van der Waals surface area contributed by atoms with Crippen LogP contribution in [0.3, 0.4) is 0 Å². The van der Waals surface area contributed by atoms with Crippen LogP contribution >= 0.6 is 0 Å². The van der Waals surface area contributed by atoms with Gasteiger partial charge in [0.25, 0.3) is 0 Å². The Labute approximate surface area is 174 Å². The fourth-order valence-corrected chi connectivity index (χ4v) is 4.34. The average molecular weight is 438 g/mol. The van der Waals surface area contributed by atoms with Gasteiger partial charge in [0.2, 0.25) is 5.92 Å². The Morgan fingerprint density at radius 2 is 1.94 bits per heavy atom. The summed E-state index contributed by atoms with van der Waals surface area (Å²) in [5.74, 6) is -4.39. The Hall–Kier alpha value is -2.97. The Morgan fingerprint density at radius 1 is 1.16 bits per heavy atom. The topological polar surface area (TPSA) is 55.0 Å². The first-order valence-corrected chi connectivity index (χ1v) is 9.69. The van der Waals surface area contributed by atoms with Crippen molar-refractivity contribution < 1.29 is 26.7 Å². The molecular formula is C22H19F5N2O2. The Morgan fingerprint density at radius 3 is 2.65 bits per heavy atom. The second-order valence-corrected chi connectivity index (χ2v) is 7.78. The number of ether oxygens (including phenoxy) is 1. The fraction of sp³-hybridized carbons (Fsp3) is 0.364. The highest BCUT2D eigenvalue weighted by Crippen LogP contribution is 2.51. The number of benzene rings is 1. The molecule has 1 unspecified atom stereocenters. The van der Waals surface area contributed by atoms with Crippen LogP contribution < -0.4 is 10.2 Å². The first-order valence-electron chi connectivity index (χ1n) is 9.69. The van der Waals surface area contributed by atoms with Crippen LogP contribution in [0.25, 0.3) is 10.9 Å². The predicted molar refractivity (Wildman–Crippen MR) is 105 cm³/mol. The van der Waals surface area contributed by atoms with Gasteiger partial charge in [-0.25, -0.2) is 8.78 Å². The Kier molecular flexibility index (Phi) is 5.23. The van der Waals surface area contributed by atoms with Crippen LogP contribution in [0.1, 0.15) is 47.9 Å². The quantitative estimate of drug-likeness (QED) is 0.539. The number of rotatable bonds is 3. The maximum absolute atomic E-state index is 14.4. The van der Waals surface area contributed by atoms with E-state index in [4.69, 9.17) is 4.74 Å². The van der Waals surface area contributed by atoms with Gasteiger partial charge in [0.05, 0.1) is 23.6 Å². The molecule has 164 valence electrons. The molecule has 31 heavy (non-hydrogen) atoms. The number of nitrogens with one attached hydrogen (secondary N) is 1. The molecule has 3 aromatic rings. The largest absolute Gasteiger partial charge is 0.496 e. The molecule has 4 rings (SSSR count). The number of methoxy groups -OCH3 is 1. The molecule has 0 amide bonds. The van der Waals surface area contributed by atoms with E-state index in [9.17, 15) is 26.7 Å². The van der Waals surface area contributed by atoms with Crippen LogP contribution in [-0.2, 0) is 6.18 Å². The van der Waals surface area contributed by atoms with E-state index in [2.05, 4.69) is 9.97 Å². The highest BCUT2D eigenvalue weighted by atomic mass is 19.4. The summed E-state index contributed by atoms with van der Waals surface area (Å²) in [5, 5.41) is 0.307. The van der Waals surface area contributed by atoms with E-state index in [0.717, 1.165) is 12.1 Å². The predicted octanol–water partition coefficient (Wildman–Crippen LogP) is 5.64.